The van der Waals surface area contributed by atoms with Crippen molar-refractivity contribution in [2.24, 2.45) is 17.3 Å². The molecular formula is C15H16F2O2. The van der Waals surface area contributed by atoms with Crippen LogP contribution in [0, 0.1) is 28.9 Å². The second-order valence-electron chi connectivity index (χ2n) is 5.92. The van der Waals surface area contributed by atoms with Crippen LogP contribution in [0.15, 0.2) is 18.2 Å². The Morgan fingerprint density at radius 3 is 2.47 bits per heavy atom. The van der Waals surface area contributed by atoms with Gasteiger partial charge in [0.15, 0.2) is 0 Å². The van der Waals surface area contributed by atoms with E-state index in [4.69, 9.17) is 0 Å². The predicted octanol–water partition coefficient (Wildman–Crippen LogP) is 3.40. The normalized spacial score (nSPS) is 32.7. The molecular weight excluding hydrogens is 250 g/mol. The second-order valence-corrected chi connectivity index (χ2v) is 5.92. The van der Waals surface area contributed by atoms with Gasteiger partial charge in [-0.2, -0.15) is 0 Å². The molecule has 0 radical (unpaired) electrons. The van der Waals surface area contributed by atoms with Gasteiger partial charge in [0.05, 0.1) is 5.41 Å². The smallest absolute Gasteiger partial charge is 0.310 e. The third kappa shape index (κ3) is 1.85. The summed E-state index contributed by atoms with van der Waals surface area (Å²) in [7, 11) is 0. The minimum absolute atomic E-state index is 0.0258. The number of hydrogen-bond acceptors (Lipinski definition) is 1. The highest BCUT2D eigenvalue weighted by Gasteiger charge is 2.56. The lowest BCUT2D eigenvalue weighted by atomic mass is 9.69. The number of aliphatic carboxylic acids is 1. The van der Waals surface area contributed by atoms with Crippen LogP contribution in [0.4, 0.5) is 8.78 Å². The van der Waals surface area contributed by atoms with Gasteiger partial charge in [-0.15, -0.1) is 0 Å². The van der Waals surface area contributed by atoms with E-state index >= 15 is 0 Å². The van der Waals surface area contributed by atoms with Crippen molar-refractivity contribution < 1.29 is 18.7 Å². The summed E-state index contributed by atoms with van der Waals surface area (Å²) in [4.78, 5) is 11.7. The fraction of sp³-hybridized carbons (Fsp3) is 0.533. The molecule has 1 aromatic carbocycles. The summed E-state index contributed by atoms with van der Waals surface area (Å²) in [6.07, 6.45) is 3.34. The van der Waals surface area contributed by atoms with Crippen LogP contribution in [0.5, 0.6) is 0 Å². The Morgan fingerprint density at radius 2 is 2.00 bits per heavy atom. The maximum Gasteiger partial charge on any atom is 0.310 e. The Bertz CT molecular complexity index is 509. The van der Waals surface area contributed by atoms with Gasteiger partial charge in [0, 0.05) is 5.56 Å². The second kappa shape index (κ2) is 4.29. The molecule has 1 N–H and O–H groups in total. The van der Waals surface area contributed by atoms with E-state index in [-0.39, 0.29) is 17.9 Å². The number of rotatable bonds is 3. The first-order valence-corrected chi connectivity index (χ1v) is 6.69. The molecule has 2 aliphatic rings. The zero-order chi connectivity index (χ0) is 13.6. The number of halogens is 2. The standard InChI is InChI=1S/C15H16F2O2/c16-12-2-1-3-13(17)11(12)8-15(14(18)19)7-9-4-5-10(15)6-9/h1-3,9-10H,4-8H2,(H,18,19). The molecule has 0 saturated heterocycles. The number of carbonyl (C=O) groups is 1. The maximum absolute atomic E-state index is 13.7. The van der Waals surface area contributed by atoms with Crippen LogP contribution in [0.25, 0.3) is 0 Å². The largest absolute Gasteiger partial charge is 0.481 e. The number of carboxylic acid groups (broad SMARTS) is 1. The molecule has 0 heterocycles. The zero-order valence-electron chi connectivity index (χ0n) is 10.5. The van der Waals surface area contributed by atoms with Gasteiger partial charge in [-0.05, 0) is 49.7 Å². The monoisotopic (exact) mass is 266 g/mol. The molecule has 0 spiro atoms. The highest BCUT2D eigenvalue weighted by molar-refractivity contribution is 5.76. The molecule has 0 amide bonds. The summed E-state index contributed by atoms with van der Waals surface area (Å²) in [6.45, 7) is 0. The average Bonchev–Trinajstić information content (AvgIpc) is 2.94. The first-order valence-electron chi connectivity index (χ1n) is 6.69. The average molecular weight is 266 g/mol. The van der Waals surface area contributed by atoms with E-state index in [1.54, 1.807) is 0 Å². The molecule has 2 bridgehead atoms. The topological polar surface area (TPSA) is 37.3 Å². The minimum atomic E-state index is -0.966. The quantitative estimate of drug-likeness (QED) is 0.910. The van der Waals surface area contributed by atoms with Crippen LogP contribution < -0.4 is 0 Å². The van der Waals surface area contributed by atoms with Gasteiger partial charge >= 0.3 is 5.97 Å². The van der Waals surface area contributed by atoms with Gasteiger partial charge in [-0.3, -0.25) is 4.79 Å². The van der Waals surface area contributed by atoms with E-state index in [0.717, 1.165) is 19.3 Å². The highest BCUT2D eigenvalue weighted by Crippen LogP contribution is 2.57. The van der Waals surface area contributed by atoms with Gasteiger partial charge in [0.1, 0.15) is 11.6 Å². The van der Waals surface area contributed by atoms with Crippen LogP contribution in [0.3, 0.4) is 0 Å². The number of hydrogen-bond donors (Lipinski definition) is 1. The molecule has 1 aromatic rings. The molecule has 102 valence electrons. The molecule has 3 rings (SSSR count). The SMILES string of the molecule is O=C(O)C1(Cc2c(F)cccc2F)CC2CCC1C2. The fourth-order valence-electron chi connectivity index (χ4n) is 4.01. The van der Waals surface area contributed by atoms with Gasteiger partial charge in [-0.1, -0.05) is 12.5 Å². The van der Waals surface area contributed by atoms with Gasteiger partial charge < -0.3 is 5.11 Å². The lowest BCUT2D eigenvalue weighted by Gasteiger charge is -2.33. The van der Waals surface area contributed by atoms with E-state index in [0.29, 0.717) is 12.3 Å². The summed E-state index contributed by atoms with van der Waals surface area (Å²) in [5.74, 6) is -1.70. The zero-order valence-corrected chi connectivity index (χ0v) is 10.5. The van der Waals surface area contributed by atoms with E-state index < -0.39 is 23.0 Å². The summed E-state index contributed by atoms with van der Waals surface area (Å²) < 4.78 is 27.5. The molecule has 2 nitrogen and oxygen atoms in total. The van der Waals surface area contributed by atoms with Crippen molar-refractivity contribution in [3.8, 4) is 0 Å². The van der Waals surface area contributed by atoms with Crippen LogP contribution in [0.1, 0.15) is 31.2 Å². The first kappa shape index (κ1) is 12.6. The Labute approximate surface area is 110 Å². The molecule has 2 saturated carbocycles. The molecule has 0 aliphatic heterocycles. The third-order valence-electron chi connectivity index (χ3n) is 4.96. The minimum Gasteiger partial charge on any atom is -0.481 e. The Morgan fingerprint density at radius 1 is 1.32 bits per heavy atom. The summed E-state index contributed by atoms with van der Waals surface area (Å²) in [5, 5.41) is 9.58. The van der Waals surface area contributed by atoms with Crippen molar-refractivity contribution in [2.45, 2.75) is 32.1 Å². The maximum atomic E-state index is 13.7. The fourth-order valence-corrected chi connectivity index (χ4v) is 4.01. The lowest BCUT2D eigenvalue weighted by Crippen LogP contribution is -2.39. The Kier molecular flexibility index (Phi) is 2.84. The summed E-state index contributed by atoms with van der Waals surface area (Å²) in [5.41, 5.74) is -1.04. The van der Waals surface area contributed by atoms with Crippen LogP contribution in [0.2, 0.25) is 0 Å². The number of benzene rings is 1. The van der Waals surface area contributed by atoms with E-state index in [1.165, 1.54) is 18.2 Å². The van der Waals surface area contributed by atoms with E-state index in [9.17, 15) is 18.7 Å². The molecule has 3 atom stereocenters. The van der Waals surface area contributed by atoms with Crippen LogP contribution >= 0.6 is 0 Å². The number of fused-ring (bicyclic) bond motifs is 2. The third-order valence-corrected chi connectivity index (χ3v) is 4.96. The van der Waals surface area contributed by atoms with Crippen molar-refractivity contribution in [3.05, 3.63) is 35.4 Å². The lowest BCUT2D eigenvalue weighted by molar-refractivity contribution is -0.152. The predicted molar refractivity (Wildman–Crippen MR) is 65.6 cm³/mol. The van der Waals surface area contributed by atoms with E-state index in [1.807, 2.05) is 0 Å². The van der Waals surface area contributed by atoms with Crippen molar-refractivity contribution in [1.82, 2.24) is 0 Å². The summed E-state index contributed by atoms with van der Waals surface area (Å²) >= 11 is 0. The van der Waals surface area contributed by atoms with Gasteiger partial charge in [0.2, 0.25) is 0 Å². The highest BCUT2D eigenvalue weighted by atomic mass is 19.1. The molecule has 4 heteroatoms. The van der Waals surface area contributed by atoms with Crippen molar-refractivity contribution in [3.63, 3.8) is 0 Å². The van der Waals surface area contributed by atoms with E-state index in [2.05, 4.69) is 0 Å². The molecule has 0 aromatic heterocycles. The van der Waals surface area contributed by atoms with Crippen molar-refractivity contribution in [1.29, 1.82) is 0 Å². The summed E-state index contributed by atoms with van der Waals surface area (Å²) in [6, 6.07) is 3.70. The molecule has 19 heavy (non-hydrogen) atoms. The van der Waals surface area contributed by atoms with Gasteiger partial charge in [-0.25, -0.2) is 8.78 Å². The molecule has 2 aliphatic carbocycles. The van der Waals surface area contributed by atoms with Gasteiger partial charge in [0.25, 0.3) is 0 Å². The van der Waals surface area contributed by atoms with Crippen molar-refractivity contribution in [2.75, 3.05) is 0 Å². The number of carboxylic acids is 1. The molecule has 3 unspecified atom stereocenters. The van der Waals surface area contributed by atoms with Crippen molar-refractivity contribution >= 4 is 5.97 Å². The first-order chi connectivity index (χ1) is 9.03. The Hall–Kier alpha value is -1.45. The molecule has 2 fully saturated rings. The Balaban J connectivity index is 1.98. The van der Waals surface area contributed by atoms with Crippen LogP contribution in [-0.4, -0.2) is 11.1 Å². The van der Waals surface area contributed by atoms with Crippen LogP contribution in [-0.2, 0) is 11.2 Å².